The van der Waals surface area contributed by atoms with Crippen molar-refractivity contribution in [3.63, 3.8) is 0 Å². The van der Waals surface area contributed by atoms with E-state index in [9.17, 15) is 9.90 Å². The standard InChI is InChI=1S/C11H12O3/c1-8-7-9(5-6-10(8)12)3-2-4-11(13)14/h2-3,5-7,12H,4H2,1H3,(H,13,14). The van der Waals surface area contributed by atoms with E-state index >= 15 is 0 Å². The van der Waals surface area contributed by atoms with Gasteiger partial charge < -0.3 is 10.2 Å². The van der Waals surface area contributed by atoms with Crippen molar-refractivity contribution in [2.24, 2.45) is 0 Å². The lowest BCUT2D eigenvalue weighted by Gasteiger charge is -1.99. The minimum Gasteiger partial charge on any atom is -0.508 e. The smallest absolute Gasteiger partial charge is 0.307 e. The lowest BCUT2D eigenvalue weighted by Crippen LogP contribution is -1.89. The largest absolute Gasteiger partial charge is 0.508 e. The molecule has 0 aliphatic heterocycles. The van der Waals surface area contributed by atoms with E-state index in [2.05, 4.69) is 0 Å². The van der Waals surface area contributed by atoms with Crippen LogP contribution in [0.15, 0.2) is 24.3 Å². The molecule has 1 rings (SSSR count). The summed E-state index contributed by atoms with van der Waals surface area (Å²) in [6.07, 6.45) is 3.31. The van der Waals surface area contributed by atoms with Crippen LogP contribution in [-0.4, -0.2) is 16.2 Å². The first-order valence-corrected chi connectivity index (χ1v) is 4.27. The van der Waals surface area contributed by atoms with Crippen molar-refractivity contribution in [1.29, 1.82) is 0 Å². The van der Waals surface area contributed by atoms with Crippen LogP contribution in [0.5, 0.6) is 5.75 Å². The van der Waals surface area contributed by atoms with Crippen LogP contribution in [0.1, 0.15) is 17.5 Å². The molecule has 0 saturated carbocycles. The molecular formula is C11H12O3. The van der Waals surface area contributed by atoms with Crippen molar-refractivity contribution in [3.8, 4) is 5.75 Å². The number of carboxylic acid groups (broad SMARTS) is 1. The zero-order valence-electron chi connectivity index (χ0n) is 7.90. The number of benzene rings is 1. The number of hydrogen-bond donors (Lipinski definition) is 2. The van der Waals surface area contributed by atoms with Gasteiger partial charge in [0.2, 0.25) is 0 Å². The molecule has 1 aromatic rings. The lowest BCUT2D eigenvalue weighted by molar-refractivity contribution is -0.135. The summed E-state index contributed by atoms with van der Waals surface area (Å²) in [5.41, 5.74) is 1.67. The highest BCUT2D eigenvalue weighted by Crippen LogP contribution is 2.17. The van der Waals surface area contributed by atoms with Crippen LogP contribution in [0.4, 0.5) is 0 Å². The van der Waals surface area contributed by atoms with E-state index in [1.165, 1.54) is 0 Å². The molecule has 0 aromatic heterocycles. The van der Waals surface area contributed by atoms with E-state index in [4.69, 9.17) is 5.11 Å². The second-order valence-electron chi connectivity index (χ2n) is 3.05. The van der Waals surface area contributed by atoms with Gasteiger partial charge in [-0.15, -0.1) is 0 Å². The number of aryl methyl sites for hydroxylation is 1. The SMILES string of the molecule is Cc1cc(C=CCC(=O)O)ccc1O. The van der Waals surface area contributed by atoms with Crippen LogP contribution in [0.2, 0.25) is 0 Å². The van der Waals surface area contributed by atoms with E-state index in [0.29, 0.717) is 0 Å². The molecule has 0 spiro atoms. The van der Waals surface area contributed by atoms with Crippen molar-refractivity contribution in [2.45, 2.75) is 13.3 Å². The Morgan fingerprint density at radius 2 is 2.21 bits per heavy atom. The Kier molecular flexibility index (Phi) is 3.29. The van der Waals surface area contributed by atoms with Gasteiger partial charge in [-0.1, -0.05) is 18.2 Å². The number of carbonyl (C=O) groups is 1. The predicted molar refractivity (Wildman–Crippen MR) is 54.1 cm³/mol. The first-order chi connectivity index (χ1) is 6.59. The van der Waals surface area contributed by atoms with Crippen molar-refractivity contribution in [3.05, 3.63) is 35.4 Å². The summed E-state index contributed by atoms with van der Waals surface area (Å²) in [5.74, 6) is -0.600. The van der Waals surface area contributed by atoms with Gasteiger partial charge in [0.05, 0.1) is 6.42 Å². The fraction of sp³-hybridized carbons (Fsp3) is 0.182. The summed E-state index contributed by atoms with van der Waals surface area (Å²) in [6, 6.07) is 5.13. The molecule has 0 fully saturated rings. The van der Waals surface area contributed by atoms with E-state index in [0.717, 1.165) is 11.1 Å². The minimum absolute atomic E-state index is 0.0138. The number of phenols is 1. The summed E-state index contributed by atoms with van der Waals surface area (Å²) in [5, 5.41) is 17.6. The van der Waals surface area contributed by atoms with Crippen LogP contribution >= 0.6 is 0 Å². The van der Waals surface area contributed by atoms with Gasteiger partial charge in [-0.3, -0.25) is 4.79 Å². The second kappa shape index (κ2) is 4.46. The molecule has 0 radical (unpaired) electrons. The molecule has 1 aromatic carbocycles. The minimum atomic E-state index is -0.850. The molecule has 0 unspecified atom stereocenters. The summed E-state index contributed by atoms with van der Waals surface area (Å²) in [7, 11) is 0. The molecule has 14 heavy (non-hydrogen) atoms. The fourth-order valence-corrected chi connectivity index (χ4v) is 1.08. The molecule has 0 bridgehead atoms. The van der Waals surface area contributed by atoms with Crippen LogP contribution in [-0.2, 0) is 4.79 Å². The first kappa shape index (κ1) is 10.3. The molecule has 0 amide bonds. The van der Waals surface area contributed by atoms with Crippen molar-refractivity contribution >= 4 is 12.0 Å². The van der Waals surface area contributed by atoms with Gasteiger partial charge in [0, 0.05) is 0 Å². The highest BCUT2D eigenvalue weighted by molar-refractivity contribution is 5.70. The number of phenolic OH excluding ortho intramolecular Hbond substituents is 1. The van der Waals surface area contributed by atoms with E-state index < -0.39 is 5.97 Å². The Balaban J connectivity index is 2.73. The zero-order chi connectivity index (χ0) is 10.6. The molecule has 3 nitrogen and oxygen atoms in total. The molecule has 0 aliphatic carbocycles. The number of hydrogen-bond acceptors (Lipinski definition) is 2. The maximum atomic E-state index is 10.2. The molecule has 3 heteroatoms. The highest BCUT2D eigenvalue weighted by Gasteiger charge is 1.95. The van der Waals surface area contributed by atoms with E-state index in [1.54, 1.807) is 37.3 Å². The molecular weight excluding hydrogens is 180 g/mol. The monoisotopic (exact) mass is 192 g/mol. The Hall–Kier alpha value is -1.77. The molecule has 0 aliphatic rings. The van der Waals surface area contributed by atoms with Gasteiger partial charge in [0.1, 0.15) is 5.75 Å². The number of carboxylic acids is 1. The molecule has 74 valence electrons. The number of aromatic hydroxyl groups is 1. The van der Waals surface area contributed by atoms with Crippen molar-refractivity contribution < 1.29 is 15.0 Å². The molecule has 0 atom stereocenters. The van der Waals surface area contributed by atoms with Gasteiger partial charge in [-0.25, -0.2) is 0 Å². The Morgan fingerprint density at radius 3 is 2.79 bits per heavy atom. The highest BCUT2D eigenvalue weighted by atomic mass is 16.4. The third kappa shape index (κ3) is 2.94. The molecule has 2 N–H and O–H groups in total. The average molecular weight is 192 g/mol. The summed E-state index contributed by atoms with van der Waals surface area (Å²) in [6.45, 7) is 1.80. The maximum Gasteiger partial charge on any atom is 0.307 e. The van der Waals surface area contributed by atoms with Crippen LogP contribution < -0.4 is 0 Å². The van der Waals surface area contributed by atoms with Gasteiger partial charge in [0.25, 0.3) is 0 Å². The van der Waals surface area contributed by atoms with Crippen molar-refractivity contribution in [2.75, 3.05) is 0 Å². The normalized spacial score (nSPS) is 10.6. The van der Waals surface area contributed by atoms with Gasteiger partial charge in [-0.2, -0.15) is 0 Å². The molecule has 0 heterocycles. The lowest BCUT2D eigenvalue weighted by atomic mass is 10.1. The zero-order valence-corrected chi connectivity index (χ0v) is 7.90. The number of aliphatic carboxylic acids is 1. The topological polar surface area (TPSA) is 57.5 Å². The van der Waals surface area contributed by atoms with E-state index in [-0.39, 0.29) is 12.2 Å². The first-order valence-electron chi connectivity index (χ1n) is 4.27. The predicted octanol–water partition coefficient (Wildman–Crippen LogP) is 2.19. The fourth-order valence-electron chi connectivity index (χ4n) is 1.08. The van der Waals surface area contributed by atoms with E-state index in [1.807, 2.05) is 0 Å². The number of rotatable bonds is 3. The Morgan fingerprint density at radius 1 is 1.50 bits per heavy atom. The van der Waals surface area contributed by atoms with Gasteiger partial charge >= 0.3 is 5.97 Å². The van der Waals surface area contributed by atoms with Crippen LogP contribution in [0, 0.1) is 6.92 Å². The molecule has 0 saturated heterocycles. The second-order valence-corrected chi connectivity index (χ2v) is 3.05. The third-order valence-corrected chi connectivity index (χ3v) is 1.82. The summed E-state index contributed by atoms with van der Waals surface area (Å²) < 4.78 is 0. The average Bonchev–Trinajstić information content (AvgIpc) is 2.10. The Labute approximate surface area is 82.3 Å². The van der Waals surface area contributed by atoms with Gasteiger partial charge in [0.15, 0.2) is 0 Å². The maximum absolute atomic E-state index is 10.2. The van der Waals surface area contributed by atoms with Gasteiger partial charge in [-0.05, 0) is 30.2 Å². The van der Waals surface area contributed by atoms with Crippen molar-refractivity contribution in [1.82, 2.24) is 0 Å². The quantitative estimate of drug-likeness (QED) is 0.771. The third-order valence-electron chi connectivity index (χ3n) is 1.82. The summed E-state index contributed by atoms with van der Waals surface area (Å²) >= 11 is 0. The Bertz CT molecular complexity index is 367. The van der Waals surface area contributed by atoms with Crippen LogP contribution in [0.3, 0.4) is 0 Å². The summed E-state index contributed by atoms with van der Waals surface area (Å²) in [4.78, 5) is 10.2. The van der Waals surface area contributed by atoms with Crippen LogP contribution in [0.25, 0.3) is 6.08 Å².